The van der Waals surface area contributed by atoms with E-state index >= 15 is 0 Å². The molecule has 0 unspecified atom stereocenters. The minimum absolute atomic E-state index is 0.126. The van der Waals surface area contributed by atoms with E-state index < -0.39 is 11.5 Å². The lowest BCUT2D eigenvalue weighted by atomic mass is 10.0. The monoisotopic (exact) mass is 248 g/mol. The van der Waals surface area contributed by atoms with E-state index in [0.717, 1.165) is 5.56 Å². The Morgan fingerprint density at radius 1 is 1.50 bits per heavy atom. The molecule has 1 aromatic rings. The third kappa shape index (κ3) is 5.25. The highest BCUT2D eigenvalue weighted by Gasteiger charge is 2.22. The van der Waals surface area contributed by atoms with Gasteiger partial charge in [0.25, 0.3) is 0 Å². The second-order valence-electron chi connectivity index (χ2n) is 4.56. The number of carbonyl (C=O) groups excluding carboxylic acids is 1. The molecule has 2 N–H and O–H groups in total. The van der Waals surface area contributed by atoms with Gasteiger partial charge in [-0.1, -0.05) is 6.07 Å². The maximum atomic E-state index is 11.6. The molecule has 96 valence electrons. The van der Waals surface area contributed by atoms with Crippen LogP contribution in [0.5, 0.6) is 0 Å². The number of carbonyl (C=O) groups is 2. The number of hydrogen-bond acceptors (Lipinski definition) is 3. The molecular weight excluding hydrogens is 232 g/mol. The number of carboxylic acids is 1. The van der Waals surface area contributed by atoms with E-state index in [2.05, 4.69) is 10.3 Å². The van der Waals surface area contributed by atoms with Gasteiger partial charge in [0.05, 0.1) is 6.42 Å². The van der Waals surface area contributed by atoms with E-state index in [4.69, 9.17) is 5.11 Å². The van der Waals surface area contributed by atoms with E-state index in [1.54, 1.807) is 38.4 Å². The maximum absolute atomic E-state index is 11.6. The number of amides is 1. The Morgan fingerprint density at radius 2 is 2.22 bits per heavy atom. The molecule has 0 spiro atoms. The molecule has 1 heterocycles. The lowest BCUT2D eigenvalue weighted by molar-refractivity contribution is -0.138. The highest BCUT2D eigenvalue weighted by atomic mass is 16.4. The van der Waals surface area contributed by atoms with E-state index in [-0.39, 0.29) is 12.3 Å². The zero-order valence-corrected chi connectivity index (χ0v) is 10.4. The molecule has 0 bridgehead atoms. The molecule has 0 aromatic carbocycles. The van der Waals surface area contributed by atoms with Crippen molar-refractivity contribution in [2.75, 3.05) is 0 Å². The van der Waals surface area contributed by atoms with E-state index in [0.29, 0.717) is 0 Å². The Morgan fingerprint density at radius 3 is 2.78 bits per heavy atom. The summed E-state index contributed by atoms with van der Waals surface area (Å²) < 4.78 is 0. The third-order valence-corrected chi connectivity index (χ3v) is 2.17. The summed E-state index contributed by atoms with van der Waals surface area (Å²) in [6.45, 7) is 3.33. The second-order valence-corrected chi connectivity index (χ2v) is 4.56. The van der Waals surface area contributed by atoms with Crippen LogP contribution in [0.2, 0.25) is 0 Å². The predicted molar refractivity (Wildman–Crippen MR) is 67.7 cm³/mol. The zero-order chi connectivity index (χ0) is 13.6. The number of carboxylic acid groups (broad SMARTS) is 1. The van der Waals surface area contributed by atoms with Crippen molar-refractivity contribution in [1.29, 1.82) is 0 Å². The first-order valence-corrected chi connectivity index (χ1v) is 5.51. The number of nitrogens with one attached hydrogen (secondary N) is 1. The molecule has 0 radical (unpaired) electrons. The Kier molecular flexibility index (Phi) is 4.59. The molecule has 0 saturated heterocycles. The van der Waals surface area contributed by atoms with Gasteiger partial charge in [0.15, 0.2) is 0 Å². The third-order valence-electron chi connectivity index (χ3n) is 2.17. The predicted octanol–water partition coefficient (Wildman–Crippen LogP) is 1.46. The Labute approximate surface area is 106 Å². The molecule has 5 nitrogen and oxygen atoms in total. The van der Waals surface area contributed by atoms with E-state index in [9.17, 15) is 9.59 Å². The smallest absolute Gasteiger partial charge is 0.305 e. The van der Waals surface area contributed by atoms with Crippen molar-refractivity contribution in [2.45, 2.75) is 25.8 Å². The van der Waals surface area contributed by atoms with Crippen LogP contribution in [0.25, 0.3) is 6.08 Å². The fraction of sp³-hybridized carbons (Fsp3) is 0.308. The number of aromatic nitrogens is 1. The minimum atomic E-state index is -0.948. The largest absolute Gasteiger partial charge is 0.481 e. The van der Waals surface area contributed by atoms with Crippen molar-refractivity contribution >= 4 is 18.0 Å². The van der Waals surface area contributed by atoms with Crippen molar-refractivity contribution in [1.82, 2.24) is 10.3 Å². The molecule has 0 saturated carbocycles. The Balaban J connectivity index is 2.57. The molecule has 0 fully saturated rings. The van der Waals surface area contributed by atoms with Gasteiger partial charge >= 0.3 is 5.97 Å². The van der Waals surface area contributed by atoms with Crippen LogP contribution in [0.3, 0.4) is 0 Å². The minimum Gasteiger partial charge on any atom is -0.481 e. The second kappa shape index (κ2) is 5.95. The summed E-state index contributed by atoms with van der Waals surface area (Å²) >= 11 is 0. The summed E-state index contributed by atoms with van der Waals surface area (Å²) in [5.41, 5.74) is 0.0334. The van der Waals surface area contributed by atoms with Gasteiger partial charge in [0.2, 0.25) is 5.91 Å². The lowest BCUT2D eigenvalue weighted by Crippen LogP contribution is -2.44. The summed E-state index contributed by atoms with van der Waals surface area (Å²) in [6, 6.07) is 3.59. The Hall–Kier alpha value is -2.17. The summed E-state index contributed by atoms with van der Waals surface area (Å²) in [6.07, 6.45) is 6.14. The highest BCUT2D eigenvalue weighted by Crippen LogP contribution is 2.08. The van der Waals surface area contributed by atoms with Crippen LogP contribution in [-0.2, 0) is 9.59 Å². The van der Waals surface area contributed by atoms with Crippen LogP contribution in [0, 0.1) is 0 Å². The summed E-state index contributed by atoms with van der Waals surface area (Å²) in [4.78, 5) is 26.1. The van der Waals surface area contributed by atoms with Crippen molar-refractivity contribution in [3.8, 4) is 0 Å². The fourth-order valence-electron chi connectivity index (χ4n) is 1.44. The summed E-state index contributed by atoms with van der Waals surface area (Å²) in [5.74, 6) is -1.28. The van der Waals surface area contributed by atoms with Gasteiger partial charge in [-0.3, -0.25) is 14.6 Å². The highest BCUT2D eigenvalue weighted by molar-refractivity contribution is 5.92. The number of rotatable bonds is 5. The molecule has 0 aliphatic heterocycles. The first-order valence-electron chi connectivity index (χ1n) is 5.51. The van der Waals surface area contributed by atoms with Gasteiger partial charge < -0.3 is 10.4 Å². The standard InChI is InChI=1S/C13H16N2O3/c1-13(2,8-12(17)18)15-11(16)6-5-10-4-3-7-14-9-10/h3-7,9H,8H2,1-2H3,(H,15,16)(H,17,18). The molecule has 18 heavy (non-hydrogen) atoms. The summed E-state index contributed by atoms with van der Waals surface area (Å²) in [7, 11) is 0. The molecule has 1 rings (SSSR count). The Bertz CT molecular complexity index is 453. The van der Waals surface area contributed by atoms with Crippen LogP contribution in [0.4, 0.5) is 0 Å². The number of aliphatic carboxylic acids is 1. The van der Waals surface area contributed by atoms with Crippen LogP contribution in [-0.4, -0.2) is 27.5 Å². The fourth-order valence-corrected chi connectivity index (χ4v) is 1.44. The quantitative estimate of drug-likeness (QED) is 0.773. The van der Waals surface area contributed by atoms with Gasteiger partial charge in [-0.2, -0.15) is 0 Å². The van der Waals surface area contributed by atoms with E-state index in [1.165, 1.54) is 6.08 Å². The molecule has 0 atom stereocenters. The number of hydrogen-bond donors (Lipinski definition) is 2. The molecule has 5 heteroatoms. The van der Waals surface area contributed by atoms with E-state index in [1.807, 2.05) is 6.07 Å². The van der Waals surface area contributed by atoms with Gasteiger partial charge in [0, 0.05) is 24.0 Å². The van der Waals surface area contributed by atoms with Crippen LogP contribution < -0.4 is 5.32 Å². The maximum Gasteiger partial charge on any atom is 0.305 e. The van der Waals surface area contributed by atoms with Gasteiger partial charge in [-0.05, 0) is 31.6 Å². The van der Waals surface area contributed by atoms with Crippen molar-refractivity contribution in [3.05, 3.63) is 36.2 Å². The van der Waals surface area contributed by atoms with Crippen molar-refractivity contribution < 1.29 is 14.7 Å². The van der Waals surface area contributed by atoms with Gasteiger partial charge in [0.1, 0.15) is 0 Å². The summed E-state index contributed by atoms with van der Waals surface area (Å²) in [5, 5.41) is 11.3. The van der Waals surface area contributed by atoms with Crippen molar-refractivity contribution in [3.63, 3.8) is 0 Å². The first-order chi connectivity index (χ1) is 8.39. The molecule has 0 aliphatic rings. The average molecular weight is 248 g/mol. The molecule has 0 aliphatic carbocycles. The molecule has 1 aromatic heterocycles. The van der Waals surface area contributed by atoms with Gasteiger partial charge in [-0.15, -0.1) is 0 Å². The van der Waals surface area contributed by atoms with Crippen molar-refractivity contribution in [2.24, 2.45) is 0 Å². The number of pyridine rings is 1. The molecular formula is C13H16N2O3. The lowest BCUT2D eigenvalue weighted by Gasteiger charge is -2.23. The topological polar surface area (TPSA) is 79.3 Å². The van der Waals surface area contributed by atoms with Gasteiger partial charge in [-0.25, -0.2) is 0 Å². The average Bonchev–Trinajstić information content (AvgIpc) is 2.25. The number of nitrogens with zero attached hydrogens (tertiary/aromatic N) is 1. The van der Waals surface area contributed by atoms with Crippen LogP contribution in [0.15, 0.2) is 30.6 Å². The normalized spacial score (nSPS) is 11.4. The first kappa shape index (κ1) is 13.9. The van der Waals surface area contributed by atoms with Crippen LogP contribution >= 0.6 is 0 Å². The van der Waals surface area contributed by atoms with Crippen LogP contribution in [0.1, 0.15) is 25.8 Å². The zero-order valence-electron chi connectivity index (χ0n) is 10.4. The SMILES string of the molecule is CC(C)(CC(=O)O)NC(=O)C=Cc1cccnc1. The molecule has 1 amide bonds.